The van der Waals surface area contributed by atoms with Gasteiger partial charge < -0.3 is 0 Å². The Morgan fingerprint density at radius 2 is 1.55 bits per heavy atom. The Morgan fingerprint density at radius 1 is 1.18 bits per heavy atom. The molecule has 66 valence electrons. The van der Waals surface area contributed by atoms with Crippen LogP contribution >= 0.6 is 0 Å². The van der Waals surface area contributed by atoms with E-state index in [9.17, 15) is 0 Å². The van der Waals surface area contributed by atoms with Crippen molar-refractivity contribution in [1.29, 1.82) is 0 Å². The monoisotopic (exact) mass is 280 g/mol. The van der Waals surface area contributed by atoms with Crippen molar-refractivity contribution < 1.29 is 4.43 Å². The summed E-state index contributed by atoms with van der Waals surface area (Å²) >= 11 is -1.94. The van der Waals surface area contributed by atoms with Crippen molar-refractivity contribution in [2.45, 2.75) is 34.5 Å². The van der Waals surface area contributed by atoms with Crippen LogP contribution < -0.4 is 0 Å². The third-order valence-corrected chi connectivity index (χ3v) is 7.77. The summed E-state index contributed by atoms with van der Waals surface area (Å²) in [4.78, 5) is 6.99. The molecule has 0 unspecified atom stereocenters. The summed E-state index contributed by atoms with van der Waals surface area (Å²) in [6, 6.07) is 0. The first-order valence-electron chi connectivity index (χ1n) is 4.01. The Morgan fingerprint density at radius 3 is 1.64 bits per heavy atom. The summed E-state index contributed by atoms with van der Waals surface area (Å²) in [7, 11) is -1.38. The van der Waals surface area contributed by atoms with E-state index in [1.54, 1.807) is 0 Å². The van der Waals surface area contributed by atoms with E-state index in [4.69, 9.17) is 4.43 Å². The average Bonchev–Trinajstić information content (AvgIpc) is 1.56. The maximum atomic E-state index is 5.84. The van der Waals surface area contributed by atoms with Crippen LogP contribution in [0.5, 0.6) is 0 Å². The molecule has 0 spiro atoms. The van der Waals surface area contributed by atoms with Gasteiger partial charge in [-0.15, -0.1) is 0 Å². The molecule has 0 aliphatic carbocycles. The molecule has 0 atom stereocenters. The molecule has 0 fully saturated rings. The van der Waals surface area contributed by atoms with Crippen molar-refractivity contribution >= 4 is 26.7 Å². The average molecular weight is 279 g/mol. The van der Waals surface area contributed by atoms with Crippen LogP contribution in [-0.4, -0.2) is 26.7 Å². The van der Waals surface area contributed by atoms with Crippen LogP contribution in [-0.2, 0) is 4.43 Å². The van der Waals surface area contributed by atoms with Gasteiger partial charge in [-0.05, 0) is 0 Å². The minimum absolute atomic E-state index is 1.12. The zero-order valence-corrected chi connectivity index (χ0v) is 12.5. The Balaban J connectivity index is 4.11. The molecule has 0 radical (unpaired) electrons. The fourth-order valence-electron chi connectivity index (χ4n) is 0.523. The zero-order valence-electron chi connectivity index (χ0n) is 8.62. The normalized spacial score (nSPS) is 12.9. The maximum absolute atomic E-state index is 5.84. The van der Waals surface area contributed by atoms with Gasteiger partial charge in [-0.2, -0.15) is 0 Å². The molecule has 3 heteroatoms. The summed E-state index contributed by atoms with van der Waals surface area (Å²) in [6.07, 6.45) is 0. The van der Waals surface area contributed by atoms with Crippen molar-refractivity contribution in [2.75, 3.05) is 0 Å². The van der Waals surface area contributed by atoms with Gasteiger partial charge in [-0.25, -0.2) is 0 Å². The van der Waals surface area contributed by atoms with Crippen molar-refractivity contribution in [3.05, 3.63) is 10.4 Å². The van der Waals surface area contributed by atoms with Crippen molar-refractivity contribution in [3.63, 3.8) is 0 Å². The van der Waals surface area contributed by atoms with E-state index in [1.807, 2.05) is 0 Å². The van der Waals surface area contributed by atoms with E-state index < -0.39 is 26.7 Å². The molecule has 0 aromatic carbocycles. The molecule has 0 amide bonds. The van der Waals surface area contributed by atoms with Gasteiger partial charge in [0.05, 0.1) is 0 Å². The van der Waals surface area contributed by atoms with E-state index >= 15 is 0 Å². The molecular formula is C8H20OSiSn. The predicted molar refractivity (Wildman–Crippen MR) is 56.9 cm³/mol. The molecule has 0 aromatic rings. The summed E-state index contributed by atoms with van der Waals surface area (Å²) in [5, 5.41) is 0. The Kier molecular flexibility index (Phi) is 3.69. The molecule has 0 N–H and O–H groups in total. The molecule has 11 heavy (non-hydrogen) atoms. The second kappa shape index (κ2) is 3.52. The van der Waals surface area contributed by atoms with Gasteiger partial charge in [0.25, 0.3) is 0 Å². The third-order valence-electron chi connectivity index (χ3n) is 1.27. The van der Waals surface area contributed by atoms with Gasteiger partial charge in [0.15, 0.2) is 0 Å². The van der Waals surface area contributed by atoms with Gasteiger partial charge in [0.1, 0.15) is 0 Å². The first-order chi connectivity index (χ1) is 4.63. The van der Waals surface area contributed by atoms with E-state index in [-0.39, 0.29) is 0 Å². The van der Waals surface area contributed by atoms with Crippen LogP contribution in [0.2, 0.25) is 34.5 Å². The first-order valence-corrected chi connectivity index (χ1v) is 17.4. The third kappa shape index (κ3) is 5.79. The second-order valence-electron chi connectivity index (χ2n) is 4.89. The quantitative estimate of drug-likeness (QED) is 0.569. The Hall–Kier alpha value is 0.556. The van der Waals surface area contributed by atoms with Gasteiger partial charge in [0, 0.05) is 0 Å². The van der Waals surface area contributed by atoms with Crippen LogP contribution in [0.4, 0.5) is 0 Å². The van der Waals surface area contributed by atoms with Gasteiger partial charge in [-0.1, -0.05) is 0 Å². The summed E-state index contributed by atoms with van der Waals surface area (Å²) in [6.45, 7) is 10.6. The molecule has 0 saturated carbocycles. The van der Waals surface area contributed by atoms with E-state index in [0.717, 1.165) is 3.78 Å². The van der Waals surface area contributed by atoms with E-state index in [2.05, 4.69) is 41.0 Å². The summed E-state index contributed by atoms with van der Waals surface area (Å²) < 4.78 is 6.96. The second-order valence-corrected chi connectivity index (χ2v) is 23.8. The fourth-order valence-corrected chi connectivity index (χ4v) is 6.81. The fraction of sp³-hybridized carbons (Fsp3) is 0.750. The predicted octanol–water partition coefficient (Wildman–Crippen LogP) is 3.23. The van der Waals surface area contributed by atoms with Gasteiger partial charge in [-0.3, -0.25) is 0 Å². The van der Waals surface area contributed by atoms with Crippen LogP contribution in [0.1, 0.15) is 0 Å². The Labute approximate surface area is 75.8 Å². The number of hydrogen-bond donors (Lipinski definition) is 0. The summed E-state index contributed by atoms with van der Waals surface area (Å²) in [5.74, 6) is 0. The van der Waals surface area contributed by atoms with Crippen molar-refractivity contribution in [1.82, 2.24) is 0 Å². The molecular weight excluding hydrogens is 259 g/mol. The van der Waals surface area contributed by atoms with Crippen LogP contribution in [0.3, 0.4) is 0 Å². The van der Waals surface area contributed by atoms with E-state index in [1.165, 1.54) is 0 Å². The molecule has 0 aliphatic heterocycles. The number of rotatable bonds is 3. The molecule has 0 bridgehead atoms. The van der Waals surface area contributed by atoms with E-state index in [0.29, 0.717) is 0 Å². The molecule has 0 saturated heterocycles. The van der Waals surface area contributed by atoms with Gasteiger partial charge in [0.2, 0.25) is 0 Å². The van der Waals surface area contributed by atoms with Crippen molar-refractivity contribution in [2.24, 2.45) is 0 Å². The van der Waals surface area contributed by atoms with Crippen LogP contribution in [0.25, 0.3) is 0 Å². The summed E-state index contributed by atoms with van der Waals surface area (Å²) in [5.41, 5.74) is 0. The number of hydrogen-bond acceptors (Lipinski definition) is 1. The molecule has 0 heterocycles. The first kappa shape index (κ1) is 11.6. The Bertz CT molecular complexity index is 152. The zero-order chi connectivity index (χ0) is 9.28. The molecule has 1 nitrogen and oxygen atoms in total. The molecule has 0 rings (SSSR count). The van der Waals surface area contributed by atoms with Crippen LogP contribution in [0.15, 0.2) is 10.4 Å². The van der Waals surface area contributed by atoms with Crippen molar-refractivity contribution in [3.8, 4) is 0 Å². The minimum atomic E-state index is -1.94. The molecule has 0 aliphatic rings. The van der Waals surface area contributed by atoms with Gasteiger partial charge >= 0.3 is 75.9 Å². The van der Waals surface area contributed by atoms with Crippen LogP contribution in [0, 0.1) is 0 Å². The topological polar surface area (TPSA) is 9.23 Å². The standard InChI is InChI=1S/C5H11OSi.3CH3.Sn/c1-5-6-7(2,3)4;;;;/h1H2,2-4H3;3*1H3;. The SMILES string of the molecule is C=[C](O[Si](C)(C)C)[Sn]([CH3])([CH3])[CH3]. The molecule has 0 aromatic heterocycles.